The molecule has 6 atom stereocenters. The molecule has 39 heavy (non-hydrogen) atoms. The smallest absolute Gasteiger partial charge is 1.00 e. The standard InChI is InChI=1S/C18H21N3O13P2.3Na.2H/c1-9-3-2-4-11-14(9)10(19-33-11)7-21-13(22)5-6-20(18(21)25)17-16(24)15(23)12(32-17)8-31-36(29,30)34-35(26,27)28;;;;;/h2-6,12,15-17,23-24H,7-8H2,1H3,(H,29,30)(H2,26,27,28);;;;;/q;3*+1;2*-1/p-1/t12-,15+,16?,17-;;;;;/m1...../s1. The molecule has 16 nitrogen and oxygen atoms in total. The van der Waals surface area contributed by atoms with Crippen LogP contribution in [0.25, 0.3) is 11.0 Å². The molecule has 0 radical (unpaired) electrons. The molecule has 4 N–H and O–H groups in total. The van der Waals surface area contributed by atoms with Crippen LogP contribution in [-0.4, -0.2) is 59.2 Å². The summed E-state index contributed by atoms with van der Waals surface area (Å²) in [6.07, 6.45) is -5.60. The number of benzene rings is 1. The van der Waals surface area contributed by atoms with Gasteiger partial charge in [-0.05, 0) is 18.6 Å². The fourth-order valence-corrected chi connectivity index (χ4v) is 5.35. The van der Waals surface area contributed by atoms with E-state index in [2.05, 4.69) is 14.0 Å². The number of aromatic nitrogens is 3. The number of ether oxygens (including phenoxy) is 1. The van der Waals surface area contributed by atoms with Gasteiger partial charge in [-0.3, -0.25) is 23.0 Å². The number of aryl methyl sites for hydroxylation is 1. The van der Waals surface area contributed by atoms with Gasteiger partial charge >= 0.3 is 102 Å². The first-order valence-electron chi connectivity index (χ1n) is 10.2. The summed E-state index contributed by atoms with van der Waals surface area (Å²) in [6.45, 7) is 0.547. The first-order chi connectivity index (χ1) is 16.8. The van der Waals surface area contributed by atoms with Crippen molar-refractivity contribution in [2.45, 2.75) is 38.0 Å². The summed E-state index contributed by atoms with van der Waals surface area (Å²) in [6, 6.07) is 6.24. The van der Waals surface area contributed by atoms with Crippen molar-refractivity contribution in [1.29, 1.82) is 0 Å². The summed E-state index contributed by atoms with van der Waals surface area (Å²) in [5.41, 5.74) is -0.0765. The second kappa shape index (κ2) is 14.8. The van der Waals surface area contributed by atoms with Crippen molar-refractivity contribution in [2.24, 2.45) is 0 Å². The van der Waals surface area contributed by atoms with Crippen LogP contribution in [0.4, 0.5) is 0 Å². The zero-order valence-electron chi connectivity index (χ0n) is 23.3. The number of rotatable bonds is 8. The van der Waals surface area contributed by atoms with Crippen molar-refractivity contribution >= 4 is 26.6 Å². The van der Waals surface area contributed by atoms with Crippen LogP contribution in [-0.2, 0) is 29.2 Å². The van der Waals surface area contributed by atoms with Crippen LogP contribution in [0.1, 0.15) is 20.3 Å². The van der Waals surface area contributed by atoms with Gasteiger partial charge in [-0.1, -0.05) is 17.3 Å². The van der Waals surface area contributed by atoms with Crippen LogP contribution >= 0.6 is 15.6 Å². The molecule has 1 aliphatic heterocycles. The Bertz CT molecular complexity index is 1520. The Labute approximate surface area is 288 Å². The van der Waals surface area contributed by atoms with Gasteiger partial charge in [0.05, 0.1) is 13.2 Å². The Morgan fingerprint density at radius 2 is 1.79 bits per heavy atom. The van der Waals surface area contributed by atoms with E-state index in [1.54, 1.807) is 25.1 Å². The minimum absolute atomic E-state index is 0. The summed E-state index contributed by atoms with van der Waals surface area (Å²) in [4.78, 5) is 54.1. The summed E-state index contributed by atoms with van der Waals surface area (Å²) in [5, 5.41) is 25.2. The number of hydrogen-bond donors (Lipinski definition) is 4. The minimum atomic E-state index is -5.63. The quantitative estimate of drug-likeness (QED) is 0.135. The normalized spacial score (nSPS) is 23.6. The maximum atomic E-state index is 13.1. The third kappa shape index (κ3) is 8.77. The molecule has 0 aliphatic carbocycles. The first-order valence-corrected chi connectivity index (χ1v) is 13.2. The SMILES string of the molecule is Cc1cccc2onc(Cn3c(=O)ccn([C@@H]4O[C@H](COP(=O)(O)OP(=O)([O-])O)[C@H](O)C4O)c3=O)c12.[H-].[H-].[Na+].[Na+].[Na+]. The van der Waals surface area contributed by atoms with Crippen LogP contribution < -0.4 is 105 Å². The van der Waals surface area contributed by atoms with E-state index < -0.39 is 58.0 Å². The van der Waals surface area contributed by atoms with E-state index >= 15 is 0 Å². The summed E-state index contributed by atoms with van der Waals surface area (Å²) in [5.74, 6) is 0. The second-order valence-electron chi connectivity index (χ2n) is 7.87. The minimum Gasteiger partial charge on any atom is -1.00 e. The topological polar surface area (TPSA) is 236 Å². The molecule has 4 rings (SSSR count). The van der Waals surface area contributed by atoms with E-state index in [9.17, 15) is 38.7 Å². The van der Waals surface area contributed by atoms with Gasteiger partial charge in [0.2, 0.25) is 0 Å². The third-order valence-electron chi connectivity index (χ3n) is 5.40. The molecular formula is C18H22N3Na3O13P2. The van der Waals surface area contributed by atoms with Crippen molar-refractivity contribution in [3.8, 4) is 0 Å². The Morgan fingerprint density at radius 3 is 2.44 bits per heavy atom. The van der Waals surface area contributed by atoms with Crippen molar-refractivity contribution in [3.05, 3.63) is 62.6 Å². The van der Waals surface area contributed by atoms with Crippen molar-refractivity contribution in [2.75, 3.05) is 6.61 Å². The van der Waals surface area contributed by atoms with Crippen LogP contribution in [0, 0.1) is 6.92 Å². The number of aliphatic hydroxyl groups excluding tert-OH is 2. The van der Waals surface area contributed by atoms with Gasteiger partial charge < -0.3 is 37.0 Å². The molecule has 3 aromatic rings. The second-order valence-corrected chi connectivity index (χ2v) is 10.7. The molecule has 1 saturated heterocycles. The maximum Gasteiger partial charge on any atom is 1.00 e. The molecule has 2 aromatic heterocycles. The maximum absolute atomic E-state index is 13.1. The number of fused-ring (bicyclic) bond motifs is 1. The van der Waals surface area contributed by atoms with Gasteiger partial charge in [-0.25, -0.2) is 13.7 Å². The average Bonchev–Trinajstić information content (AvgIpc) is 3.30. The Kier molecular flexibility index (Phi) is 14.2. The number of aliphatic hydroxyl groups is 2. The van der Waals surface area contributed by atoms with E-state index in [-0.39, 0.29) is 98.1 Å². The Balaban J connectivity index is 0. The van der Waals surface area contributed by atoms with Crippen LogP contribution in [0.3, 0.4) is 0 Å². The predicted molar refractivity (Wildman–Crippen MR) is 118 cm³/mol. The number of phosphoric ester groups is 1. The van der Waals surface area contributed by atoms with Gasteiger partial charge in [0, 0.05) is 17.6 Å². The molecule has 0 spiro atoms. The number of hydrogen-bond acceptors (Lipinski definition) is 12. The van der Waals surface area contributed by atoms with E-state index in [1.165, 1.54) is 0 Å². The van der Waals surface area contributed by atoms with Crippen LogP contribution in [0.2, 0.25) is 0 Å². The van der Waals surface area contributed by atoms with Gasteiger partial charge in [-0.2, -0.15) is 0 Å². The zero-order chi connectivity index (χ0) is 26.4. The molecule has 1 aliphatic rings. The van der Waals surface area contributed by atoms with E-state index in [0.29, 0.717) is 16.7 Å². The molecule has 1 fully saturated rings. The molecule has 200 valence electrons. The Hall–Kier alpha value is 0.510. The van der Waals surface area contributed by atoms with Crippen molar-refractivity contribution in [3.63, 3.8) is 0 Å². The first kappa shape index (κ1) is 37.5. The van der Waals surface area contributed by atoms with Gasteiger partial charge in [0.15, 0.2) is 11.8 Å². The molecule has 3 unspecified atom stereocenters. The molecule has 0 bridgehead atoms. The van der Waals surface area contributed by atoms with Gasteiger partial charge in [0.25, 0.3) is 13.4 Å². The third-order valence-corrected chi connectivity index (χ3v) is 7.53. The largest absolute Gasteiger partial charge is 1.00 e. The fourth-order valence-electron chi connectivity index (χ4n) is 3.78. The molecule has 0 saturated carbocycles. The van der Waals surface area contributed by atoms with E-state index in [4.69, 9.17) is 14.2 Å². The predicted octanol–water partition coefficient (Wildman–Crippen LogP) is -10.0. The van der Waals surface area contributed by atoms with Gasteiger partial charge in [-0.15, -0.1) is 0 Å². The Morgan fingerprint density at radius 1 is 1.13 bits per heavy atom. The fraction of sp³-hybridized carbons (Fsp3) is 0.389. The number of nitrogens with zero attached hydrogens (tertiary/aromatic N) is 3. The summed E-state index contributed by atoms with van der Waals surface area (Å²) in [7, 11) is -10.9. The summed E-state index contributed by atoms with van der Waals surface area (Å²) < 4.78 is 42.4. The summed E-state index contributed by atoms with van der Waals surface area (Å²) >= 11 is 0. The number of phosphoric acid groups is 2. The van der Waals surface area contributed by atoms with Crippen molar-refractivity contribution < 1.29 is 144 Å². The molecule has 21 heteroatoms. The molecular weight excluding hydrogens is 597 g/mol. The van der Waals surface area contributed by atoms with E-state index in [0.717, 1.165) is 27.0 Å². The zero-order valence-corrected chi connectivity index (χ0v) is 29.1. The van der Waals surface area contributed by atoms with Crippen molar-refractivity contribution in [1.82, 2.24) is 14.3 Å². The molecule has 1 aromatic carbocycles. The van der Waals surface area contributed by atoms with Crippen LogP contribution in [0.5, 0.6) is 0 Å². The molecule has 0 amide bonds. The van der Waals surface area contributed by atoms with Gasteiger partial charge in [0.1, 0.15) is 24.0 Å². The van der Waals surface area contributed by atoms with E-state index in [1.807, 2.05) is 0 Å². The monoisotopic (exact) mass is 619 g/mol. The molecule has 3 heterocycles. The average molecular weight is 619 g/mol. The van der Waals surface area contributed by atoms with Crippen LogP contribution in [0.15, 0.2) is 44.6 Å².